The second-order valence-electron chi connectivity index (χ2n) is 5.52. The Morgan fingerprint density at radius 3 is 2.40 bits per heavy atom. The van der Waals surface area contributed by atoms with Gasteiger partial charge in [-0.25, -0.2) is 0 Å². The van der Waals surface area contributed by atoms with Crippen molar-refractivity contribution < 1.29 is 4.74 Å². The minimum atomic E-state index is 0.432. The molecule has 0 unspecified atom stereocenters. The molecule has 0 bridgehead atoms. The van der Waals surface area contributed by atoms with Gasteiger partial charge in [-0.1, -0.05) is 33.1 Å². The number of nitrogens with one attached hydrogen (secondary N) is 1. The van der Waals surface area contributed by atoms with Crippen LogP contribution in [-0.4, -0.2) is 26.8 Å². The van der Waals surface area contributed by atoms with Gasteiger partial charge >= 0.3 is 0 Å². The molecule has 1 saturated carbocycles. The Hall–Kier alpha value is -0.0800. The van der Waals surface area contributed by atoms with E-state index >= 15 is 0 Å². The van der Waals surface area contributed by atoms with E-state index < -0.39 is 0 Å². The number of hydrogen-bond donors (Lipinski definition) is 1. The maximum atomic E-state index is 5.40. The van der Waals surface area contributed by atoms with Crippen molar-refractivity contribution in [2.75, 3.05) is 26.8 Å². The Balaban J connectivity index is 2.34. The lowest BCUT2D eigenvalue weighted by molar-refractivity contribution is 0.0480. The Morgan fingerprint density at radius 1 is 1.20 bits per heavy atom. The molecule has 2 heteroatoms. The van der Waals surface area contributed by atoms with E-state index in [-0.39, 0.29) is 0 Å². The molecule has 0 spiro atoms. The van der Waals surface area contributed by atoms with Gasteiger partial charge in [0.15, 0.2) is 0 Å². The minimum absolute atomic E-state index is 0.432. The topological polar surface area (TPSA) is 21.3 Å². The molecule has 0 saturated heterocycles. The molecule has 0 atom stereocenters. The standard InChI is InChI=1S/C13H27NO/c1-12(2)9-14-10-13(11-15-3)7-5-4-6-8-13/h12,14H,4-11H2,1-3H3. The molecule has 0 heterocycles. The Morgan fingerprint density at radius 2 is 1.87 bits per heavy atom. The molecular formula is C13H27NO. The van der Waals surface area contributed by atoms with Crippen LogP contribution < -0.4 is 5.32 Å². The fourth-order valence-electron chi connectivity index (χ4n) is 2.61. The first-order chi connectivity index (χ1) is 7.18. The zero-order chi connectivity index (χ0) is 11.1. The second kappa shape index (κ2) is 6.49. The molecule has 0 amide bonds. The summed E-state index contributed by atoms with van der Waals surface area (Å²) in [5.74, 6) is 0.744. The van der Waals surface area contributed by atoms with E-state index in [4.69, 9.17) is 4.74 Å². The van der Waals surface area contributed by atoms with Crippen LogP contribution in [0.2, 0.25) is 0 Å². The highest BCUT2D eigenvalue weighted by atomic mass is 16.5. The van der Waals surface area contributed by atoms with Crippen molar-refractivity contribution in [3.05, 3.63) is 0 Å². The molecule has 1 rings (SSSR count). The van der Waals surface area contributed by atoms with Crippen LogP contribution in [0.3, 0.4) is 0 Å². The van der Waals surface area contributed by atoms with Gasteiger partial charge in [0.2, 0.25) is 0 Å². The summed E-state index contributed by atoms with van der Waals surface area (Å²) in [4.78, 5) is 0. The predicted molar refractivity (Wildman–Crippen MR) is 65.1 cm³/mol. The van der Waals surface area contributed by atoms with Crippen LogP contribution in [0.15, 0.2) is 0 Å². The van der Waals surface area contributed by atoms with E-state index in [0.29, 0.717) is 5.41 Å². The molecule has 1 aliphatic rings. The average Bonchev–Trinajstić information content (AvgIpc) is 2.19. The number of rotatable bonds is 6. The summed E-state index contributed by atoms with van der Waals surface area (Å²) in [7, 11) is 1.83. The fraction of sp³-hybridized carbons (Fsp3) is 1.00. The van der Waals surface area contributed by atoms with Crippen LogP contribution in [0.1, 0.15) is 46.0 Å². The van der Waals surface area contributed by atoms with Crippen LogP contribution in [0, 0.1) is 11.3 Å². The largest absolute Gasteiger partial charge is 0.384 e. The van der Waals surface area contributed by atoms with Gasteiger partial charge in [-0.2, -0.15) is 0 Å². The number of hydrogen-bond acceptors (Lipinski definition) is 2. The zero-order valence-corrected chi connectivity index (χ0v) is 10.6. The van der Waals surface area contributed by atoms with Crippen molar-refractivity contribution in [3.63, 3.8) is 0 Å². The van der Waals surface area contributed by atoms with Crippen LogP contribution in [0.25, 0.3) is 0 Å². The van der Waals surface area contributed by atoms with E-state index in [0.717, 1.165) is 25.6 Å². The molecule has 90 valence electrons. The van der Waals surface area contributed by atoms with Gasteiger partial charge in [-0.3, -0.25) is 0 Å². The molecule has 0 aromatic rings. The van der Waals surface area contributed by atoms with Crippen molar-refractivity contribution in [3.8, 4) is 0 Å². The van der Waals surface area contributed by atoms with Crippen LogP contribution in [0.4, 0.5) is 0 Å². The smallest absolute Gasteiger partial charge is 0.0530 e. The van der Waals surface area contributed by atoms with Gasteiger partial charge in [-0.05, 0) is 25.3 Å². The van der Waals surface area contributed by atoms with Crippen molar-refractivity contribution in [2.24, 2.45) is 11.3 Å². The molecule has 15 heavy (non-hydrogen) atoms. The first-order valence-corrected chi connectivity index (χ1v) is 6.38. The zero-order valence-electron chi connectivity index (χ0n) is 10.6. The summed E-state index contributed by atoms with van der Waals surface area (Å²) in [6.45, 7) is 7.72. The quantitative estimate of drug-likeness (QED) is 0.732. The maximum absolute atomic E-state index is 5.40. The monoisotopic (exact) mass is 213 g/mol. The lowest BCUT2D eigenvalue weighted by Crippen LogP contribution is -2.40. The predicted octanol–water partition coefficient (Wildman–Crippen LogP) is 2.83. The number of methoxy groups -OCH3 is 1. The Bertz CT molecular complexity index is 156. The summed E-state index contributed by atoms with van der Waals surface area (Å²) in [5.41, 5.74) is 0.432. The molecule has 0 aromatic carbocycles. The number of ether oxygens (including phenoxy) is 1. The molecule has 0 aliphatic heterocycles. The van der Waals surface area contributed by atoms with Crippen molar-refractivity contribution >= 4 is 0 Å². The third kappa shape index (κ3) is 4.52. The molecule has 2 nitrogen and oxygen atoms in total. The first kappa shape index (κ1) is 13.0. The van der Waals surface area contributed by atoms with Gasteiger partial charge in [0, 0.05) is 19.1 Å². The normalized spacial score (nSPS) is 20.8. The minimum Gasteiger partial charge on any atom is -0.384 e. The van der Waals surface area contributed by atoms with Gasteiger partial charge in [0.25, 0.3) is 0 Å². The highest BCUT2D eigenvalue weighted by molar-refractivity contribution is 4.84. The van der Waals surface area contributed by atoms with Crippen LogP contribution in [-0.2, 0) is 4.74 Å². The van der Waals surface area contributed by atoms with Crippen molar-refractivity contribution in [1.29, 1.82) is 0 Å². The molecule has 1 aliphatic carbocycles. The summed E-state index contributed by atoms with van der Waals surface area (Å²) in [6.07, 6.45) is 6.85. The highest BCUT2D eigenvalue weighted by Crippen LogP contribution is 2.35. The third-order valence-electron chi connectivity index (χ3n) is 3.42. The molecule has 1 fully saturated rings. The molecule has 0 aromatic heterocycles. The summed E-state index contributed by atoms with van der Waals surface area (Å²) in [6, 6.07) is 0. The maximum Gasteiger partial charge on any atom is 0.0530 e. The summed E-state index contributed by atoms with van der Waals surface area (Å²) >= 11 is 0. The second-order valence-corrected chi connectivity index (χ2v) is 5.52. The highest BCUT2D eigenvalue weighted by Gasteiger charge is 2.31. The molecule has 0 radical (unpaired) electrons. The van der Waals surface area contributed by atoms with Gasteiger partial charge < -0.3 is 10.1 Å². The van der Waals surface area contributed by atoms with Crippen LogP contribution >= 0.6 is 0 Å². The van der Waals surface area contributed by atoms with E-state index in [2.05, 4.69) is 19.2 Å². The molecular weight excluding hydrogens is 186 g/mol. The van der Waals surface area contributed by atoms with Gasteiger partial charge in [0.1, 0.15) is 0 Å². The van der Waals surface area contributed by atoms with Crippen molar-refractivity contribution in [1.82, 2.24) is 5.32 Å². The summed E-state index contributed by atoms with van der Waals surface area (Å²) < 4.78 is 5.40. The van der Waals surface area contributed by atoms with Crippen molar-refractivity contribution in [2.45, 2.75) is 46.0 Å². The van der Waals surface area contributed by atoms with Crippen LogP contribution in [0.5, 0.6) is 0 Å². The molecule has 1 N–H and O–H groups in total. The SMILES string of the molecule is COCC1(CNCC(C)C)CCCCC1. The van der Waals surface area contributed by atoms with Gasteiger partial charge in [0.05, 0.1) is 6.61 Å². The van der Waals surface area contributed by atoms with E-state index in [1.807, 2.05) is 7.11 Å². The average molecular weight is 213 g/mol. The lowest BCUT2D eigenvalue weighted by Gasteiger charge is -2.37. The summed E-state index contributed by atoms with van der Waals surface area (Å²) in [5, 5.41) is 3.60. The Labute approximate surface area is 94.8 Å². The van der Waals surface area contributed by atoms with E-state index in [9.17, 15) is 0 Å². The van der Waals surface area contributed by atoms with E-state index in [1.54, 1.807) is 0 Å². The first-order valence-electron chi connectivity index (χ1n) is 6.38. The Kier molecular flexibility index (Phi) is 5.62. The van der Waals surface area contributed by atoms with E-state index in [1.165, 1.54) is 32.1 Å². The third-order valence-corrected chi connectivity index (χ3v) is 3.42. The lowest BCUT2D eigenvalue weighted by atomic mass is 9.74. The fourth-order valence-corrected chi connectivity index (χ4v) is 2.61. The van der Waals surface area contributed by atoms with Gasteiger partial charge in [-0.15, -0.1) is 0 Å².